The summed E-state index contributed by atoms with van der Waals surface area (Å²) in [5.74, 6) is -0.387. The molecule has 0 aliphatic heterocycles. The van der Waals surface area contributed by atoms with Crippen molar-refractivity contribution in [1.29, 1.82) is 0 Å². The zero-order chi connectivity index (χ0) is 13.3. The molecule has 2 aromatic rings. The first-order valence-electron chi connectivity index (χ1n) is 4.97. The summed E-state index contributed by atoms with van der Waals surface area (Å²) in [6.45, 7) is 0.128. The standard InChI is InChI=1S/C12H7Br2ClFNO/c13-8-4-10(14)12(18)17(6-8)5-7-3-9(15)1-2-11(7)16/h1-4,6H,5H2. The average Bonchev–Trinajstić information content (AvgIpc) is 2.30. The molecule has 0 saturated carbocycles. The van der Waals surface area contributed by atoms with E-state index >= 15 is 0 Å². The maximum Gasteiger partial charge on any atom is 0.265 e. The third-order valence-electron chi connectivity index (χ3n) is 2.36. The van der Waals surface area contributed by atoms with Crippen LogP contribution in [-0.4, -0.2) is 4.57 Å². The van der Waals surface area contributed by atoms with Crippen molar-refractivity contribution in [2.24, 2.45) is 0 Å². The molecular formula is C12H7Br2ClFNO. The molecule has 0 unspecified atom stereocenters. The molecule has 0 aliphatic carbocycles. The van der Waals surface area contributed by atoms with E-state index in [9.17, 15) is 9.18 Å². The van der Waals surface area contributed by atoms with Gasteiger partial charge in [-0.15, -0.1) is 0 Å². The van der Waals surface area contributed by atoms with Crippen LogP contribution < -0.4 is 5.56 Å². The van der Waals surface area contributed by atoms with Gasteiger partial charge in [0.2, 0.25) is 0 Å². The number of aromatic nitrogens is 1. The maximum atomic E-state index is 13.6. The molecule has 0 saturated heterocycles. The van der Waals surface area contributed by atoms with Crippen molar-refractivity contribution in [3.8, 4) is 0 Å². The average molecular weight is 395 g/mol. The van der Waals surface area contributed by atoms with E-state index in [2.05, 4.69) is 31.9 Å². The predicted molar refractivity (Wildman–Crippen MR) is 76.6 cm³/mol. The quantitative estimate of drug-likeness (QED) is 0.747. The maximum absolute atomic E-state index is 13.6. The fourth-order valence-electron chi connectivity index (χ4n) is 1.53. The lowest BCUT2D eigenvalue weighted by Crippen LogP contribution is -2.21. The molecule has 1 heterocycles. The second-order valence-electron chi connectivity index (χ2n) is 3.68. The largest absolute Gasteiger partial charge is 0.309 e. The Morgan fingerprint density at radius 3 is 2.72 bits per heavy atom. The molecule has 94 valence electrons. The molecule has 0 amide bonds. The second-order valence-corrected chi connectivity index (χ2v) is 5.88. The minimum absolute atomic E-state index is 0.128. The summed E-state index contributed by atoms with van der Waals surface area (Å²) in [6, 6.07) is 5.92. The van der Waals surface area contributed by atoms with E-state index in [1.54, 1.807) is 12.3 Å². The van der Waals surface area contributed by atoms with Crippen LogP contribution in [-0.2, 0) is 6.54 Å². The van der Waals surface area contributed by atoms with Gasteiger partial charge in [-0.1, -0.05) is 11.6 Å². The lowest BCUT2D eigenvalue weighted by atomic mass is 10.2. The smallest absolute Gasteiger partial charge is 0.265 e. The minimum atomic E-state index is -0.387. The Labute approximate surface area is 125 Å². The normalized spacial score (nSPS) is 10.7. The molecule has 0 aliphatic rings. The molecular weight excluding hydrogens is 388 g/mol. The van der Waals surface area contributed by atoms with Gasteiger partial charge in [0, 0.05) is 21.3 Å². The first-order chi connectivity index (χ1) is 8.47. The van der Waals surface area contributed by atoms with Crippen LogP contribution in [0.4, 0.5) is 4.39 Å². The van der Waals surface area contributed by atoms with Crippen molar-refractivity contribution in [1.82, 2.24) is 4.57 Å². The molecule has 0 N–H and O–H groups in total. The van der Waals surface area contributed by atoms with Gasteiger partial charge < -0.3 is 4.57 Å². The van der Waals surface area contributed by atoms with Gasteiger partial charge in [0.1, 0.15) is 5.82 Å². The van der Waals surface area contributed by atoms with Gasteiger partial charge in [-0.2, -0.15) is 0 Å². The van der Waals surface area contributed by atoms with E-state index in [1.165, 1.54) is 22.8 Å². The molecule has 2 rings (SSSR count). The summed E-state index contributed by atoms with van der Waals surface area (Å²) in [7, 11) is 0. The third-order valence-corrected chi connectivity index (χ3v) is 3.59. The monoisotopic (exact) mass is 393 g/mol. The summed E-state index contributed by atoms with van der Waals surface area (Å²) in [5, 5.41) is 0.438. The molecule has 6 heteroatoms. The lowest BCUT2D eigenvalue weighted by molar-refractivity contribution is 0.595. The molecule has 0 spiro atoms. The van der Waals surface area contributed by atoms with Gasteiger partial charge in [0.25, 0.3) is 5.56 Å². The summed E-state index contributed by atoms with van der Waals surface area (Å²) in [4.78, 5) is 11.9. The molecule has 0 bridgehead atoms. The fraction of sp³-hybridized carbons (Fsp3) is 0.0833. The van der Waals surface area contributed by atoms with Crippen molar-refractivity contribution in [3.63, 3.8) is 0 Å². The van der Waals surface area contributed by atoms with Gasteiger partial charge in [-0.3, -0.25) is 4.79 Å². The molecule has 2 nitrogen and oxygen atoms in total. The zero-order valence-electron chi connectivity index (χ0n) is 8.96. The van der Waals surface area contributed by atoms with Crippen LogP contribution in [0.2, 0.25) is 5.02 Å². The number of hydrogen-bond donors (Lipinski definition) is 0. The van der Waals surface area contributed by atoms with E-state index in [0.717, 1.165) is 4.47 Å². The zero-order valence-corrected chi connectivity index (χ0v) is 12.9. The van der Waals surface area contributed by atoms with Gasteiger partial charge in [0.05, 0.1) is 11.0 Å². The van der Waals surface area contributed by atoms with E-state index in [1.807, 2.05) is 0 Å². The SMILES string of the molecule is O=c1c(Br)cc(Br)cn1Cc1cc(Cl)ccc1F. The number of hydrogen-bond acceptors (Lipinski definition) is 1. The van der Waals surface area contributed by atoms with Gasteiger partial charge in [0.15, 0.2) is 0 Å². The highest BCUT2D eigenvalue weighted by molar-refractivity contribution is 9.11. The van der Waals surface area contributed by atoms with Crippen molar-refractivity contribution < 1.29 is 4.39 Å². The van der Waals surface area contributed by atoms with Crippen LogP contribution in [0.15, 0.2) is 44.2 Å². The number of halogens is 4. The Morgan fingerprint density at radius 1 is 1.28 bits per heavy atom. The Balaban J connectivity index is 2.46. The van der Waals surface area contributed by atoms with Crippen LogP contribution in [0, 0.1) is 5.82 Å². The predicted octanol–water partition coefficient (Wildman–Crippen LogP) is 4.21. The molecule has 0 atom stereocenters. The lowest BCUT2D eigenvalue weighted by Gasteiger charge is -2.08. The van der Waals surface area contributed by atoms with E-state index < -0.39 is 0 Å². The van der Waals surface area contributed by atoms with Gasteiger partial charge in [-0.05, 0) is 56.1 Å². The molecule has 1 aromatic heterocycles. The highest BCUT2D eigenvalue weighted by Crippen LogP contribution is 2.17. The summed E-state index contributed by atoms with van der Waals surface area (Å²) in [5.41, 5.74) is 0.146. The number of nitrogens with zero attached hydrogens (tertiary/aromatic N) is 1. The number of benzene rings is 1. The van der Waals surface area contributed by atoms with Crippen molar-refractivity contribution in [2.75, 3.05) is 0 Å². The van der Waals surface area contributed by atoms with Crippen LogP contribution >= 0.6 is 43.5 Å². The van der Waals surface area contributed by atoms with Gasteiger partial charge >= 0.3 is 0 Å². The highest BCUT2D eigenvalue weighted by Gasteiger charge is 2.08. The Kier molecular flexibility index (Phi) is 4.25. The first kappa shape index (κ1) is 13.8. The van der Waals surface area contributed by atoms with Crippen LogP contribution in [0.25, 0.3) is 0 Å². The van der Waals surface area contributed by atoms with E-state index in [-0.39, 0.29) is 17.9 Å². The van der Waals surface area contributed by atoms with E-state index in [4.69, 9.17) is 11.6 Å². The molecule has 0 radical (unpaired) electrons. The molecule has 18 heavy (non-hydrogen) atoms. The van der Waals surface area contributed by atoms with Crippen molar-refractivity contribution in [2.45, 2.75) is 6.54 Å². The Hall–Kier alpha value is -0.650. The second kappa shape index (κ2) is 5.55. The summed E-state index contributed by atoms with van der Waals surface area (Å²) < 4.78 is 16.1. The summed E-state index contributed by atoms with van der Waals surface area (Å²) in [6.07, 6.45) is 1.60. The Morgan fingerprint density at radius 2 is 2.00 bits per heavy atom. The van der Waals surface area contributed by atoms with Crippen LogP contribution in [0.5, 0.6) is 0 Å². The minimum Gasteiger partial charge on any atom is -0.309 e. The van der Waals surface area contributed by atoms with Crippen molar-refractivity contribution >= 4 is 43.5 Å². The highest BCUT2D eigenvalue weighted by atomic mass is 79.9. The fourth-order valence-corrected chi connectivity index (χ4v) is 2.98. The molecule has 1 aromatic carbocycles. The third kappa shape index (κ3) is 3.02. The first-order valence-corrected chi connectivity index (χ1v) is 6.93. The van der Waals surface area contributed by atoms with Crippen molar-refractivity contribution in [3.05, 3.63) is 66.2 Å². The number of rotatable bonds is 2. The molecule has 0 fully saturated rings. The van der Waals surface area contributed by atoms with Crippen LogP contribution in [0.3, 0.4) is 0 Å². The Bertz CT molecular complexity index is 657. The van der Waals surface area contributed by atoms with Gasteiger partial charge in [-0.25, -0.2) is 4.39 Å². The van der Waals surface area contributed by atoms with E-state index in [0.29, 0.717) is 15.1 Å². The van der Waals surface area contributed by atoms with Crippen LogP contribution in [0.1, 0.15) is 5.56 Å². The topological polar surface area (TPSA) is 22.0 Å². The number of pyridine rings is 1. The summed E-state index contributed by atoms with van der Waals surface area (Å²) >= 11 is 12.3.